The van der Waals surface area contributed by atoms with E-state index in [0.717, 1.165) is 6.92 Å². The Balaban J connectivity index is -0.0000000572. The Labute approximate surface area is 169 Å². The summed E-state index contributed by atoms with van der Waals surface area (Å²) in [5.74, 6) is -1.68. The molecule has 0 aliphatic heterocycles. The molecule has 0 bridgehead atoms. The number of rotatable bonds is 6. The Morgan fingerprint density at radius 3 is 0.963 bits per heavy atom. The van der Waals surface area contributed by atoms with Crippen molar-refractivity contribution in [2.45, 2.75) is 68.3 Å². The Morgan fingerprint density at radius 2 is 0.889 bits per heavy atom. The van der Waals surface area contributed by atoms with Crippen molar-refractivity contribution in [2.75, 3.05) is 19.8 Å². The van der Waals surface area contributed by atoms with Crippen LogP contribution < -0.4 is 0 Å². The summed E-state index contributed by atoms with van der Waals surface area (Å²) in [7, 11) is 0. The molecule has 0 aliphatic rings. The SMILES string of the molecule is C=CC.C=CC.C=CC.C=CC.CC(=O)O.CCOC(C)(OCC)OCC. The van der Waals surface area contributed by atoms with Crippen molar-refractivity contribution >= 4 is 5.97 Å². The van der Waals surface area contributed by atoms with Crippen LogP contribution in [0, 0.1) is 0 Å². The summed E-state index contributed by atoms with van der Waals surface area (Å²) in [5.41, 5.74) is 0. The number of hydrogen-bond acceptors (Lipinski definition) is 4. The molecule has 0 saturated carbocycles. The van der Waals surface area contributed by atoms with Crippen molar-refractivity contribution in [1.82, 2.24) is 0 Å². The van der Waals surface area contributed by atoms with Crippen LogP contribution in [-0.4, -0.2) is 36.9 Å². The Morgan fingerprint density at radius 1 is 0.778 bits per heavy atom. The van der Waals surface area contributed by atoms with Gasteiger partial charge in [0.05, 0.1) is 0 Å². The van der Waals surface area contributed by atoms with E-state index in [1.165, 1.54) is 0 Å². The van der Waals surface area contributed by atoms with E-state index < -0.39 is 11.9 Å². The third-order valence-electron chi connectivity index (χ3n) is 1.22. The van der Waals surface area contributed by atoms with E-state index in [0.29, 0.717) is 19.8 Å². The molecule has 0 amide bonds. The van der Waals surface area contributed by atoms with Gasteiger partial charge in [0.25, 0.3) is 11.9 Å². The van der Waals surface area contributed by atoms with Crippen LogP contribution in [0.1, 0.15) is 62.3 Å². The first-order chi connectivity index (χ1) is 12.6. The van der Waals surface area contributed by atoms with Gasteiger partial charge in [-0.05, 0) is 48.5 Å². The molecule has 0 aromatic heterocycles. The predicted octanol–water partition coefficient (Wildman–Crippen LogP) is 6.63. The van der Waals surface area contributed by atoms with Gasteiger partial charge < -0.3 is 19.3 Å². The Hall–Kier alpha value is -1.69. The lowest BCUT2D eigenvalue weighted by atomic mass is 10.6. The van der Waals surface area contributed by atoms with Crippen molar-refractivity contribution < 1.29 is 24.1 Å². The molecule has 27 heavy (non-hydrogen) atoms. The summed E-state index contributed by atoms with van der Waals surface area (Å²) in [6, 6.07) is 0. The molecule has 5 nitrogen and oxygen atoms in total. The fourth-order valence-electron chi connectivity index (χ4n) is 0.912. The monoisotopic (exact) mass is 390 g/mol. The van der Waals surface area contributed by atoms with E-state index >= 15 is 0 Å². The molecule has 0 spiro atoms. The van der Waals surface area contributed by atoms with Gasteiger partial charge in [0.1, 0.15) is 0 Å². The highest BCUT2D eigenvalue weighted by Crippen LogP contribution is 2.13. The molecule has 1 N–H and O–H groups in total. The molecule has 0 unspecified atom stereocenters. The molecular weight excluding hydrogens is 344 g/mol. The smallest absolute Gasteiger partial charge is 0.300 e. The normalized spacial score (nSPS) is 7.74. The van der Waals surface area contributed by atoms with Crippen molar-refractivity contribution in [2.24, 2.45) is 0 Å². The highest BCUT2D eigenvalue weighted by molar-refractivity contribution is 5.62. The van der Waals surface area contributed by atoms with Crippen molar-refractivity contribution in [1.29, 1.82) is 0 Å². The molecule has 164 valence electrons. The van der Waals surface area contributed by atoms with Crippen LogP contribution >= 0.6 is 0 Å². The van der Waals surface area contributed by atoms with E-state index in [4.69, 9.17) is 24.1 Å². The van der Waals surface area contributed by atoms with E-state index in [1.54, 1.807) is 31.2 Å². The summed E-state index contributed by atoms with van der Waals surface area (Å²) in [6.45, 7) is 31.4. The highest BCUT2D eigenvalue weighted by atomic mass is 16.9. The van der Waals surface area contributed by atoms with Crippen LogP contribution in [0.15, 0.2) is 50.6 Å². The minimum Gasteiger partial charge on any atom is -0.481 e. The third kappa shape index (κ3) is 114. The summed E-state index contributed by atoms with van der Waals surface area (Å²) >= 11 is 0. The summed E-state index contributed by atoms with van der Waals surface area (Å²) in [6.07, 6.45) is 7.00. The Bertz CT molecular complexity index is 254. The Kier molecular flexibility index (Phi) is 65.5. The first-order valence-electron chi connectivity index (χ1n) is 8.97. The van der Waals surface area contributed by atoms with Gasteiger partial charge >= 0.3 is 0 Å². The quantitative estimate of drug-likeness (QED) is 0.407. The second-order valence-electron chi connectivity index (χ2n) is 4.31. The van der Waals surface area contributed by atoms with Gasteiger partial charge in [-0.2, -0.15) is 0 Å². The average molecular weight is 391 g/mol. The fraction of sp³-hybridized carbons (Fsp3) is 0.591. The second kappa shape index (κ2) is 44.1. The van der Waals surface area contributed by atoms with E-state index in [1.807, 2.05) is 48.5 Å². The molecule has 0 aromatic rings. The molecule has 0 heterocycles. The molecular formula is C22H46O5. The zero-order chi connectivity index (χ0) is 23.1. The standard InChI is InChI=1S/C8H18O3.4C3H6.C2H4O2/c1-5-9-8(4,10-6-2)11-7-3;4*1-3-2;1-2(3)4/h5-7H2,1-4H3;4*3H,1H2,2H3;1H3,(H,3,4). The second-order valence-corrected chi connectivity index (χ2v) is 4.31. The third-order valence-corrected chi connectivity index (χ3v) is 1.22. The molecule has 0 aliphatic carbocycles. The van der Waals surface area contributed by atoms with Gasteiger partial charge in [-0.15, -0.1) is 26.3 Å². The van der Waals surface area contributed by atoms with Crippen LogP contribution in [-0.2, 0) is 19.0 Å². The number of carbonyl (C=O) groups is 1. The van der Waals surface area contributed by atoms with Crippen LogP contribution in [0.5, 0.6) is 0 Å². The lowest BCUT2D eigenvalue weighted by Crippen LogP contribution is -2.35. The topological polar surface area (TPSA) is 65.0 Å². The molecule has 0 radical (unpaired) electrons. The summed E-state index contributed by atoms with van der Waals surface area (Å²) < 4.78 is 15.8. The fourth-order valence-corrected chi connectivity index (χ4v) is 0.912. The maximum Gasteiger partial charge on any atom is 0.300 e. The van der Waals surface area contributed by atoms with Crippen LogP contribution in [0.25, 0.3) is 0 Å². The van der Waals surface area contributed by atoms with Gasteiger partial charge in [-0.3, -0.25) is 4.79 Å². The summed E-state index contributed by atoms with van der Waals surface area (Å²) in [5, 5.41) is 7.42. The zero-order valence-electron chi connectivity index (χ0n) is 19.3. The van der Waals surface area contributed by atoms with E-state index in [2.05, 4.69) is 26.3 Å². The van der Waals surface area contributed by atoms with Gasteiger partial charge in [0, 0.05) is 33.7 Å². The maximum atomic E-state index is 9.00. The molecule has 0 fully saturated rings. The predicted molar refractivity (Wildman–Crippen MR) is 120 cm³/mol. The number of carboxylic acids is 1. The molecule has 5 heteroatoms. The first-order valence-corrected chi connectivity index (χ1v) is 8.97. The minimum absolute atomic E-state index is 0.594. The van der Waals surface area contributed by atoms with Crippen LogP contribution in [0.2, 0.25) is 0 Å². The lowest BCUT2D eigenvalue weighted by Gasteiger charge is -2.27. The van der Waals surface area contributed by atoms with Gasteiger partial charge in [0.15, 0.2) is 0 Å². The highest BCUT2D eigenvalue weighted by Gasteiger charge is 2.24. The average Bonchev–Trinajstić information content (AvgIpc) is 2.50. The lowest BCUT2D eigenvalue weighted by molar-refractivity contribution is -0.365. The summed E-state index contributed by atoms with van der Waals surface area (Å²) in [4.78, 5) is 9.00. The molecule has 0 atom stereocenters. The van der Waals surface area contributed by atoms with Crippen molar-refractivity contribution in [3.05, 3.63) is 50.6 Å². The molecule has 0 saturated heterocycles. The van der Waals surface area contributed by atoms with Crippen molar-refractivity contribution in [3.63, 3.8) is 0 Å². The number of hydrogen-bond donors (Lipinski definition) is 1. The number of ether oxygens (including phenoxy) is 3. The number of aliphatic carboxylic acids is 1. The van der Waals surface area contributed by atoms with E-state index in [-0.39, 0.29) is 0 Å². The largest absolute Gasteiger partial charge is 0.481 e. The maximum absolute atomic E-state index is 9.00. The van der Waals surface area contributed by atoms with Gasteiger partial charge in [-0.25, -0.2) is 0 Å². The van der Waals surface area contributed by atoms with Crippen LogP contribution in [0.4, 0.5) is 0 Å². The number of carboxylic acid groups (broad SMARTS) is 1. The van der Waals surface area contributed by atoms with Crippen molar-refractivity contribution in [3.8, 4) is 0 Å². The first kappa shape index (κ1) is 40.1. The number of allylic oxidation sites excluding steroid dienone is 4. The van der Waals surface area contributed by atoms with Gasteiger partial charge in [-0.1, -0.05) is 24.3 Å². The minimum atomic E-state index is -0.849. The zero-order valence-corrected chi connectivity index (χ0v) is 19.3. The van der Waals surface area contributed by atoms with Crippen LogP contribution in [0.3, 0.4) is 0 Å². The van der Waals surface area contributed by atoms with Gasteiger partial charge in [0.2, 0.25) is 0 Å². The molecule has 0 rings (SSSR count). The molecule has 0 aromatic carbocycles. The van der Waals surface area contributed by atoms with E-state index in [9.17, 15) is 0 Å².